The number of nitrogens with one attached hydrogen (secondary N) is 1. The number of carbonyl (C=O) groups is 1. The highest BCUT2D eigenvalue weighted by molar-refractivity contribution is 5.94. The summed E-state index contributed by atoms with van der Waals surface area (Å²) >= 11 is 0. The minimum Gasteiger partial charge on any atom is -0.494 e. The van der Waals surface area contributed by atoms with Gasteiger partial charge < -0.3 is 14.4 Å². The Bertz CT molecular complexity index is 1470. The van der Waals surface area contributed by atoms with Gasteiger partial charge in [0.2, 0.25) is 0 Å². The zero-order valence-corrected chi connectivity index (χ0v) is 19.1. The van der Waals surface area contributed by atoms with E-state index in [0.29, 0.717) is 24.2 Å². The second-order valence-electron chi connectivity index (χ2n) is 9.50. The maximum Gasteiger partial charge on any atom is 0.306 e. The molecule has 0 spiro atoms. The number of nitrogens with zero attached hydrogens (tertiary/aromatic N) is 4. The molecule has 1 aliphatic carbocycles. The van der Waals surface area contributed by atoms with Crippen molar-refractivity contribution in [3.05, 3.63) is 47.5 Å². The molecular weight excluding hydrogens is 437 g/mol. The molecule has 0 amide bonds. The van der Waals surface area contributed by atoms with E-state index in [-0.39, 0.29) is 18.1 Å². The molecule has 1 fully saturated rings. The number of nitriles is 1. The number of aromatic nitrogens is 4. The summed E-state index contributed by atoms with van der Waals surface area (Å²) in [6, 6.07) is 8.92. The lowest BCUT2D eigenvalue weighted by Gasteiger charge is -2.35. The highest BCUT2D eigenvalue weighted by Gasteiger charge is 2.42. The van der Waals surface area contributed by atoms with Crippen LogP contribution in [0.5, 0.6) is 5.75 Å². The molecule has 4 aromatic rings. The molecule has 5 rings (SSSR count). The summed E-state index contributed by atoms with van der Waals surface area (Å²) in [5.41, 5.74) is 4.04. The van der Waals surface area contributed by atoms with Crippen molar-refractivity contribution in [2.24, 2.45) is 5.92 Å². The van der Waals surface area contributed by atoms with Gasteiger partial charge in [0.1, 0.15) is 0 Å². The van der Waals surface area contributed by atoms with Crippen LogP contribution in [-0.4, -0.2) is 37.9 Å². The first-order valence-electron chi connectivity index (χ1n) is 11.1. The number of aliphatic carboxylic acids is 1. The number of aromatic amines is 1. The van der Waals surface area contributed by atoms with Crippen LogP contribution in [-0.2, 0) is 10.2 Å². The number of hydrogen-bond acceptors (Lipinski definition) is 5. The quantitative estimate of drug-likeness (QED) is 0.425. The van der Waals surface area contributed by atoms with Crippen LogP contribution in [0.15, 0.2) is 30.5 Å². The minimum atomic E-state index is -0.801. The van der Waals surface area contributed by atoms with Crippen LogP contribution < -0.4 is 4.74 Å². The smallest absolute Gasteiger partial charge is 0.306 e. The number of carboxylic acid groups (broad SMARTS) is 1. The van der Waals surface area contributed by atoms with E-state index >= 15 is 0 Å². The Morgan fingerprint density at radius 2 is 2.15 bits per heavy atom. The Hall–Kier alpha value is -3.93. The third-order valence-corrected chi connectivity index (χ3v) is 6.83. The van der Waals surface area contributed by atoms with Crippen LogP contribution in [0.2, 0.25) is 0 Å². The van der Waals surface area contributed by atoms with Crippen molar-refractivity contribution in [1.29, 1.82) is 5.26 Å². The molecule has 0 bridgehead atoms. The van der Waals surface area contributed by atoms with E-state index in [0.717, 1.165) is 27.7 Å². The highest BCUT2D eigenvalue weighted by atomic mass is 19.1. The minimum absolute atomic E-state index is 0.0203. The van der Waals surface area contributed by atoms with Gasteiger partial charge in [0.15, 0.2) is 17.2 Å². The summed E-state index contributed by atoms with van der Waals surface area (Å²) < 4.78 is 21.5. The second kappa shape index (κ2) is 7.83. The van der Waals surface area contributed by atoms with Crippen LogP contribution in [0.4, 0.5) is 4.39 Å². The molecule has 1 saturated carbocycles. The fraction of sp³-hybridized carbons (Fsp3) is 0.360. The first-order valence-corrected chi connectivity index (χ1v) is 11.1. The van der Waals surface area contributed by atoms with Crippen molar-refractivity contribution < 1.29 is 19.0 Å². The fourth-order valence-corrected chi connectivity index (χ4v) is 5.04. The normalized spacial score (nSPS) is 18.1. The van der Waals surface area contributed by atoms with Gasteiger partial charge in [0, 0.05) is 40.2 Å². The molecule has 8 nitrogen and oxygen atoms in total. The molecule has 0 radical (unpaired) electrons. The van der Waals surface area contributed by atoms with Gasteiger partial charge >= 0.3 is 5.97 Å². The van der Waals surface area contributed by atoms with Crippen LogP contribution in [0.25, 0.3) is 27.8 Å². The van der Waals surface area contributed by atoms with E-state index in [1.807, 2.05) is 24.5 Å². The third kappa shape index (κ3) is 3.29. The molecule has 34 heavy (non-hydrogen) atoms. The van der Waals surface area contributed by atoms with Crippen molar-refractivity contribution in [3.63, 3.8) is 0 Å². The van der Waals surface area contributed by atoms with Crippen LogP contribution in [0.3, 0.4) is 0 Å². The zero-order valence-electron chi connectivity index (χ0n) is 19.1. The second-order valence-corrected chi connectivity index (χ2v) is 9.50. The van der Waals surface area contributed by atoms with Gasteiger partial charge in [0.05, 0.1) is 36.3 Å². The van der Waals surface area contributed by atoms with Crippen LogP contribution >= 0.6 is 0 Å². The van der Waals surface area contributed by atoms with E-state index in [9.17, 15) is 19.6 Å². The zero-order chi connectivity index (χ0) is 24.2. The van der Waals surface area contributed by atoms with E-state index in [4.69, 9.17) is 9.72 Å². The average molecular weight is 461 g/mol. The van der Waals surface area contributed by atoms with Crippen molar-refractivity contribution in [1.82, 2.24) is 19.7 Å². The topological polar surface area (TPSA) is 117 Å². The van der Waals surface area contributed by atoms with Gasteiger partial charge in [-0.25, -0.2) is 9.37 Å². The number of benzene rings is 1. The van der Waals surface area contributed by atoms with Gasteiger partial charge in [0.25, 0.3) is 0 Å². The largest absolute Gasteiger partial charge is 0.494 e. The van der Waals surface area contributed by atoms with Gasteiger partial charge in [-0.05, 0) is 37.0 Å². The maximum atomic E-state index is 14.3. The van der Waals surface area contributed by atoms with Crippen LogP contribution in [0, 0.1) is 23.1 Å². The third-order valence-electron chi connectivity index (χ3n) is 6.83. The summed E-state index contributed by atoms with van der Waals surface area (Å²) in [7, 11) is 1.42. The number of fused-ring (bicyclic) bond motifs is 2. The standard InChI is InChI=1S/C25H24FN5O3/c1-25(2,6-7-27)22-20(13-8-14(9-13)24(32)33)21-18(10-15-12-28-30-23(15)29-21)31(22)16-4-5-17(26)19(11-16)34-3/h4-5,10-14H,6,8-9H2,1-3H3,(H,32,33)(H,28,29,30)/t13-,14-. The first kappa shape index (κ1) is 21.9. The number of rotatable bonds is 6. The van der Waals surface area contributed by atoms with Gasteiger partial charge in [-0.1, -0.05) is 13.8 Å². The average Bonchev–Trinajstić information content (AvgIpc) is 3.34. The molecule has 1 aromatic carbocycles. The lowest BCUT2D eigenvalue weighted by molar-refractivity contribution is -0.145. The number of carboxylic acids is 1. The van der Waals surface area contributed by atoms with E-state index in [1.165, 1.54) is 13.2 Å². The number of hydrogen-bond donors (Lipinski definition) is 2. The summed E-state index contributed by atoms with van der Waals surface area (Å²) in [5.74, 6) is -1.59. The van der Waals surface area contributed by atoms with Crippen LogP contribution in [0.1, 0.15) is 50.3 Å². The van der Waals surface area contributed by atoms with E-state index in [2.05, 4.69) is 16.3 Å². The summed E-state index contributed by atoms with van der Waals surface area (Å²) in [5, 5.41) is 26.9. The number of methoxy groups -OCH3 is 1. The summed E-state index contributed by atoms with van der Waals surface area (Å²) in [6.45, 7) is 3.98. The molecule has 1 aliphatic rings. The maximum absolute atomic E-state index is 14.3. The summed E-state index contributed by atoms with van der Waals surface area (Å²) in [6.07, 6.45) is 2.93. The molecular formula is C25H24FN5O3. The van der Waals surface area contributed by atoms with Gasteiger partial charge in [-0.3, -0.25) is 9.89 Å². The SMILES string of the molecule is COc1cc(-n2c(C(C)(C)CC#N)c([C@H]3C[C@H](C(=O)O)C3)c3nc4[nH]ncc4cc32)ccc1F. The Morgan fingerprint density at radius 3 is 2.82 bits per heavy atom. The number of halogens is 1. The predicted molar refractivity (Wildman–Crippen MR) is 124 cm³/mol. The van der Waals surface area contributed by atoms with Crippen molar-refractivity contribution >= 4 is 28.0 Å². The first-order chi connectivity index (χ1) is 16.2. The Morgan fingerprint density at radius 1 is 1.38 bits per heavy atom. The Balaban J connectivity index is 1.87. The van der Waals surface area contributed by atoms with Crippen molar-refractivity contribution in [3.8, 4) is 17.5 Å². The molecule has 0 aliphatic heterocycles. The lowest BCUT2D eigenvalue weighted by atomic mass is 9.68. The fourth-order valence-electron chi connectivity index (χ4n) is 5.04. The molecule has 2 N–H and O–H groups in total. The number of pyridine rings is 1. The van der Waals surface area contributed by atoms with Crippen molar-refractivity contribution in [2.75, 3.05) is 7.11 Å². The van der Waals surface area contributed by atoms with Gasteiger partial charge in [-0.15, -0.1) is 0 Å². The molecule has 0 unspecified atom stereocenters. The Kier molecular flexibility index (Phi) is 5.04. The van der Waals surface area contributed by atoms with Gasteiger partial charge in [-0.2, -0.15) is 10.4 Å². The van der Waals surface area contributed by atoms with E-state index < -0.39 is 23.1 Å². The Labute approximate surface area is 195 Å². The van der Waals surface area contributed by atoms with Crippen molar-refractivity contribution in [2.45, 2.75) is 44.4 Å². The summed E-state index contributed by atoms with van der Waals surface area (Å²) in [4.78, 5) is 16.4. The highest BCUT2D eigenvalue weighted by Crippen LogP contribution is 2.50. The monoisotopic (exact) mass is 461 g/mol. The lowest BCUT2D eigenvalue weighted by Crippen LogP contribution is -2.31. The molecule has 3 aromatic heterocycles. The molecule has 174 valence electrons. The molecule has 0 saturated heterocycles. The number of ether oxygens (including phenoxy) is 1. The molecule has 3 heterocycles. The molecule has 0 atom stereocenters. The molecule has 9 heteroatoms. The van der Waals surface area contributed by atoms with E-state index in [1.54, 1.807) is 18.3 Å². The predicted octanol–water partition coefficient (Wildman–Crippen LogP) is 4.82. The number of H-pyrrole nitrogens is 1.